The van der Waals surface area contributed by atoms with Crippen molar-refractivity contribution in [2.45, 2.75) is 76.4 Å². The molecule has 2 saturated heterocycles. The average Bonchev–Trinajstić information content (AvgIpc) is 2.93. The summed E-state index contributed by atoms with van der Waals surface area (Å²) < 4.78 is 16.7. The molecule has 2 bridgehead atoms. The normalized spacial score (nSPS) is 30.3. The largest absolute Gasteiger partial charge is 0.398 e. The van der Waals surface area contributed by atoms with Crippen molar-refractivity contribution in [2.75, 3.05) is 33.2 Å². The lowest BCUT2D eigenvalue weighted by Crippen LogP contribution is -2.45. The van der Waals surface area contributed by atoms with E-state index in [0.29, 0.717) is 5.41 Å². The van der Waals surface area contributed by atoms with E-state index in [2.05, 4.69) is 32.1 Å². The Morgan fingerprint density at radius 3 is 2.07 bits per heavy atom. The molecule has 0 radical (unpaired) electrons. The van der Waals surface area contributed by atoms with Crippen LogP contribution in [-0.2, 0) is 14.2 Å². The summed E-state index contributed by atoms with van der Waals surface area (Å²) in [5.41, 5.74) is 10.0. The van der Waals surface area contributed by atoms with Crippen LogP contribution in [-0.4, -0.2) is 38.6 Å². The molecule has 3 aliphatic rings. The van der Waals surface area contributed by atoms with E-state index in [-0.39, 0.29) is 11.2 Å². The summed E-state index contributed by atoms with van der Waals surface area (Å²) in [5.74, 6) is 0. The Labute approximate surface area is 176 Å². The Kier molecular flexibility index (Phi) is 7.08. The zero-order valence-electron chi connectivity index (χ0n) is 18.8. The predicted octanol–water partition coefficient (Wildman–Crippen LogP) is 5.61. The number of anilines is 1. The summed E-state index contributed by atoms with van der Waals surface area (Å²) in [6.07, 6.45) is 11.7. The fourth-order valence-corrected chi connectivity index (χ4v) is 5.09. The van der Waals surface area contributed by atoms with Crippen LogP contribution in [0.2, 0.25) is 0 Å². The minimum atomic E-state index is 0.00549. The fourth-order valence-electron chi connectivity index (χ4n) is 5.09. The molecular weight excluding hydrogens is 362 g/mol. The van der Waals surface area contributed by atoms with Crippen LogP contribution in [0.3, 0.4) is 0 Å². The van der Waals surface area contributed by atoms with E-state index in [1.165, 1.54) is 24.0 Å². The van der Waals surface area contributed by atoms with Crippen LogP contribution < -0.4 is 5.73 Å². The highest BCUT2D eigenvalue weighted by Gasteiger charge is 2.52. The van der Waals surface area contributed by atoms with Crippen molar-refractivity contribution >= 4 is 11.3 Å². The molecular formula is C25H39NO3. The maximum absolute atomic E-state index is 6.20. The molecule has 2 fully saturated rings. The molecule has 1 aliphatic carbocycles. The van der Waals surface area contributed by atoms with Gasteiger partial charge in [-0.1, -0.05) is 38.1 Å². The lowest BCUT2D eigenvalue weighted by Gasteiger charge is -2.39. The highest BCUT2D eigenvalue weighted by molar-refractivity contribution is 5.75. The minimum absolute atomic E-state index is 0.00549. The van der Waals surface area contributed by atoms with Crippen LogP contribution in [0.5, 0.6) is 0 Å². The molecule has 4 nitrogen and oxygen atoms in total. The Morgan fingerprint density at radius 1 is 0.931 bits per heavy atom. The first-order valence-corrected chi connectivity index (χ1v) is 11.0. The summed E-state index contributed by atoms with van der Waals surface area (Å²) in [7, 11) is 3.51. The van der Waals surface area contributed by atoms with E-state index in [9.17, 15) is 0 Å². The monoisotopic (exact) mass is 401 g/mol. The maximum Gasteiger partial charge on any atom is 0.0924 e. The van der Waals surface area contributed by atoms with Crippen LogP contribution in [0.15, 0.2) is 30.3 Å². The molecule has 0 spiro atoms. The number of hydrogen-bond donors (Lipinski definition) is 1. The van der Waals surface area contributed by atoms with E-state index >= 15 is 0 Å². The van der Waals surface area contributed by atoms with Crippen LogP contribution in [0, 0.1) is 5.41 Å². The van der Waals surface area contributed by atoms with Gasteiger partial charge in [0.15, 0.2) is 0 Å². The molecule has 2 aliphatic heterocycles. The number of methoxy groups -OCH3 is 2. The molecule has 162 valence electrons. The van der Waals surface area contributed by atoms with E-state index in [4.69, 9.17) is 19.9 Å². The van der Waals surface area contributed by atoms with Gasteiger partial charge in [-0.25, -0.2) is 0 Å². The number of rotatable bonds is 5. The summed E-state index contributed by atoms with van der Waals surface area (Å²) in [5, 5.41) is 0. The number of hydrogen-bond acceptors (Lipinski definition) is 4. The second-order valence-electron chi connectivity index (χ2n) is 9.87. The molecule has 1 aromatic rings. The van der Waals surface area contributed by atoms with Crippen molar-refractivity contribution in [1.82, 2.24) is 0 Å². The summed E-state index contributed by atoms with van der Waals surface area (Å²) in [6, 6.07) is 8.16. The highest BCUT2D eigenvalue weighted by atomic mass is 16.6. The van der Waals surface area contributed by atoms with Gasteiger partial charge in [0.1, 0.15) is 0 Å². The molecule has 29 heavy (non-hydrogen) atoms. The summed E-state index contributed by atoms with van der Waals surface area (Å²) >= 11 is 0. The molecule has 2 heterocycles. The Balaban J connectivity index is 0.000000166. The number of fused-ring (bicyclic) bond motifs is 2. The van der Waals surface area contributed by atoms with Gasteiger partial charge in [0.25, 0.3) is 0 Å². The summed E-state index contributed by atoms with van der Waals surface area (Å²) in [6.45, 7) is 6.13. The zero-order chi connectivity index (χ0) is 21.0. The number of ether oxygens (including phenoxy) is 3. The second kappa shape index (κ2) is 9.20. The standard InChI is InChI=1S/C14H19N.C11H20O3/c1-14(2)9-7-11(8-10-14)12-5-3-4-6-13(12)15;1-12-8-10-4-3-5-11(14-10,7-6-10)9-13-2/h3-7H,8-10,15H2,1-2H3;3-9H2,1-2H3/t;10-,11+. The van der Waals surface area contributed by atoms with E-state index in [0.717, 1.165) is 57.4 Å². The van der Waals surface area contributed by atoms with Gasteiger partial charge in [0, 0.05) is 25.5 Å². The molecule has 0 amide bonds. The number of nitrogens with two attached hydrogens (primary N) is 1. The first-order valence-electron chi connectivity index (χ1n) is 11.0. The van der Waals surface area contributed by atoms with Gasteiger partial charge >= 0.3 is 0 Å². The van der Waals surface area contributed by atoms with Crippen molar-refractivity contribution < 1.29 is 14.2 Å². The van der Waals surface area contributed by atoms with Gasteiger partial charge in [-0.15, -0.1) is 0 Å². The van der Waals surface area contributed by atoms with Crippen molar-refractivity contribution in [3.8, 4) is 0 Å². The second-order valence-corrected chi connectivity index (χ2v) is 9.87. The van der Waals surface area contributed by atoms with Crippen molar-refractivity contribution in [1.29, 1.82) is 0 Å². The van der Waals surface area contributed by atoms with E-state index < -0.39 is 0 Å². The Morgan fingerprint density at radius 2 is 1.55 bits per heavy atom. The quantitative estimate of drug-likeness (QED) is 0.651. The van der Waals surface area contributed by atoms with Crippen LogP contribution in [0.25, 0.3) is 5.57 Å². The third-order valence-electron chi connectivity index (χ3n) is 6.83. The average molecular weight is 402 g/mol. The minimum Gasteiger partial charge on any atom is -0.398 e. The highest BCUT2D eigenvalue weighted by Crippen LogP contribution is 2.48. The number of allylic oxidation sites excluding steroid dienone is 2. The van der Waals surface area contributed by atoms with Gasteiger partial charge < -0.3 is 19.9 Å². The molecule has 4 rings (SSSR count). The van der Waals surface area contributed by atoms with Crippen molar-refractivity contribution in [2.24, 2.45) is 5.41 Å². The first-order chi connectivity index (χ1) is 13.8. The molecule has 0 unspecified atom stereocenters. The number of para-hydroxylation sites is 1. The lowest BCUT2D eigenvalue weighted by atomic mass is 9.77. The van der Waals surface area contributed by atoms with Gasteiger partial charge in [-0.3, -0.25) is 0 Å². The van der Waals surface area contributed by atoms with E-state index in [1.807, 2.05) is 12.1 Å². The third kappa shape index (κ3) is 5.42. The molecule has 2 N–H and O–H groups in total. The van der Waals surface area contributed by atoms with Crippen LogP contribution in [0.4, 0.5) is 5.69 Å². The Hall–Kier alpha value is -1.36. The van der Waals surface area contributed by atoms with Crippen molar-refractivity contribution in [3.63, 3.8) is 0 Å². The maximum atomic E-state index is 6.20. The number of benzene rings is 1. The lowest BCUT2D eigenvalue weighted by molar-refractivity contribution is -0.178. The topological polar surface area (TPSA) is 53.7 Å². The zero-order valence-corrected chi connectivity index (χ0v) is 18.8. The van der Waals surface area contributed by atoms with Crippen LogP contribution in [0.1, 0.15) is 70.8 Å². The van der Waals surface area contributed by atoms with Gasteiger partial charge in [0.05, 0.1) is 24.4 Å². The van der Waals surface area contributed by atoms with Crippen LogP contribution >= 0.6 is 0 Å². The van der Waals surface area contributed by atoms with E-state index in [1.54, 1.807) is 14.2 Å². The fraction of sp³-hybridized carbons (Fsp3) is 0.680. The third-order valence-corrected chi connectivity index (χ3v) is 6.83. The molecule has 0 aromatic heterocycles. The first kappa shape index (κ1) is 22.3. The molecule has 2 atom stereocenters. The molecule has 1 aromatic carbocycles. The van der Waals surface area contributed by atoms with Gasteiger partial charge in [-0.05, 0) is 68.4 Å². The van der Waals surface area contributed by atoms with Gasteiger partial charge in [0.2, 0.25) is 0 Å². The number of nitrogen functional groups attached to an aromatic ring is 1. The van der Waals surface area contributed by atoms with Gasteiger partial charge in [-0.2, -0.15) is 0 Å². The smallest absolute Gasteiger partial charge is 0.0924 e. The predicted molar refractivity (Wildman–Crippen MR) is 120 cm³/mol. The Bertz CT molecular complexity index is 686. The SMILES string of the molecule is CC1(C)CC=C(c2ccccc2N)CC1.COC[C@]12CCC[C@](COC)(CC1)O2. The molecule has 4 heteroatoms. The molecule has 0 saturated carbocycles. The van der Waals surface area contributed by atoms with Crippen molar-refractivity contribution in [3.05, 3.63) is 35.9 Å². The summed E-state index contributed by atoms with van der Waals surface area (Å²) in [4.78, 5) is 0.